The minimum atomic E-state index is 0.936. The van der Waals surface area contributed by atoms with Gasteiger partial charge in [-0.3, -0.25) is 0 Å². The van der Waals surface area contributed by atoms with Crippen molar-refractivity contribution in [1.29, 1.82) is 5.26 Å². The highest BCUT2D eigenvalue weighted by atomic mass is 79.9. The van der Waals surface area contributed by atoms with Gasteiger partial charge >= 0.3 is 0 Å². The van der Waals surface area contributed by atoms with Crippen LogP contribution in [-0.2, 0) is 0 Å². The summed E-state index contributed by atoms with van der Waals surface area (Å²) in [6.45, 7) is 0. The Morgan fingerprint density at radius 2 is 2.43 bits per heavy atom. The zero-order chi connectivity index (χ0) is 5.54. The maximum absolute atomic E-state index is 7.94. The number of nitriles is 1. The second-order valence-corrected chi connectivity index (χ2v) is 1.80. The Morgan fingerprint density at radius 1 is 1.71 bits per heavy atom. The Bertz CT molecular complexity index is 90.7. The lowest BCUT2D eigenvalue weighted by atomic mass is 10.4. The van der Waals surface area contributed by atoms with Gasteiger partial charge in [0.05, 0.1) is 6.07 Å². The van der Waals surface area contributed by atoms with Crippen LogP contribution >= 0.6 is 15.9 Å². The Labute approximate surface area is 51.8 Å². The summed E-state index contributed by atoms with van der Waals surface area (Å²) in [5.74, 6) is 0. The molecular weight excluding hydrogens is 154 g/mol. The van der Waals surface area contributed by atoms with Gasteiger partial charge in [0.2, 0.25) is 0 Å². The second kappa shape index (κ2) is 5.71. The molecule has 0 aliphatic rings. The van der Waals surface area contributed by atoms with Crippen molar-refractivity contribution in [2.45, 2.75) is 6.42 Å². The molecular formula is C5H6BrN. The van der Waals surface area contributed by atoms with Gasteiger partial charge in [-0.2, -0.15) is 5.26 Å². The molecule has 0 bridgehead atoms. The first-order valence-corrected chi connectivity index (χ1v) is 3.14. The predicted octanol–water partition coefficient (Wildman–Crippen LogP) is 1.85. The number of rotatable bonds is 2. The van der Waals surface area contributed by atoms with Crippen molar-refractivity contribution < 1.29 is 0 Å². The first-order chi connectivity index (χ1) is 3.41. The molecule has 0 saturated carbocycles. The van der Waals surface area contributed by atoms with Gasteiger partial charge in [-0.15, -0.1) is 0 Å². The summed E-state index contributed by atoms with van der Waals surface area (Å²) in [5.41, 5.74) is 0. The van der Waals surface area contributed by atoms with E-state index < -0.39 is 0 Å². The van der Waals surface area contributed by atoms with Crippen molar-refractivity contribution >= 4 is 15.9 Å². The highest BCUT2D eigenvalue weighted by Gasteiger charge is 1.69. The molecule has 0 amide bonds. The minimum Gasteiger partial charge on any atom is -0.193 e. The van der Waals surface area contributed by atoms with Gasteiger partial charge in [0.1, 0.15) is 0 Å². The van der Waals surface area contributed by atoms with Crippen molar-refractivity contribution in [2.24, 2.45) is 0 Å². The van der Waals surface area contributed by atoms with Crippen LogP contribution in [0.25, 0.3) is 0 Å². The molecule has 1 nitrogen and oxygen atoms in total. The smallest absolute Gasteiger partial charge is 0.0908 e. The Kier molecular flexibility index (Phi) is 5.47. The first kappa shape index (κ1) is 6.71. The molecule has 0 atom stereocenters. The summed E-state index contributed by atoms with van der Waals surface area (Å²) in [6.07, 6.45) is 4.25. The van der Waals surface area contributed by atoms with Crippen LogP contribution in [-0.4, -0.2) is 5.33 Å². The highest BCUT2D eigenvalue weighted by molar-refractivity contribution is 9.09. The zero-order valence-electron chi connectivity index (χ0n) is 3.89. The number of halogens is 1. The number of hydrogen-bond donors (Lipinski definition) is 0. The van der Waals surface area contributed by atoms with Crippen LogP contribution in [0.2, 0.25) is 0 Å². The van der Waals surface area contributed by atoms with E-state index in [0.29, 0.717) is 0 Å². The highest BCUT2D eigenvalue weighted by Crippen LogP contribution is 1.87. The van der Waals surface area contributed by atoms with E-state index in [-0.39, 0.29) is 0 Å². The second-order valence-electron chi connectivity index (χ2n) is 1.01. The molecule has 0 heterocycles. The average molecular weight is 160 g/mol. The van der Waals surface area contributed by atoms with Crippen LogP contribution in [0.5, 0.6) is 0 Å². The SMILES string of the molecule is N#C/C=C/CCBr. The van der Waals surface area contributed by atoms with Crippen molar-refractivity contribution in [3.8, 4) is 6.07 Å². The minimum absolute atomic E-state index is 0.936. The third-order valence-corrected chi connectivity index (χ3v) is 0.926. The Morgan fingerprint density at radius 3 is 2.86 bits per heavy atom. The molecule has 0 aromatic heterocycles. The van der Waals surface area contributed by atoms with Gasteiger partial charge in [-0.1, -0.05) is 22.0 Å². The summed E-state index contributed by atoms with van der Waals surface area (Å²) < 4.78 is 0. The van der Waals surface area contributed by atoms with Gasteiger partial charge in [-0.05, 0) is 6.42 Å². The monoisotopic (exact) mass is 159 g/mol. The maximum Gasteiger partial charge on any atom is 0.0908 e. The molecule has 0 rings (SSSR count). The Balaban J connectivity index is 2.97. The molecule has 0 fully saturated rings. The van der Waals surface area contributed by atoms with Gasteiger partial charge < -0.3 is 0 Å². The summed E-state index contributed by atoms with van der Waals surface area (Å²) in [6, 6.07) is 1.90. The van der Waals surface area contributed by atoms with Crippen molar-refractivity contribution in [3.05, 3.63) is 12.2 Å². The fourth-order valence-corrected chi connectivity index (χ4v) is 0.463. The van der Waals surface area contributed by atoms with Crippen LogP contribution in [0.4, 0.5) is 0 Å². The topological polar surface area (TPSA) is 23.8 Å². The van der Waals surface area contributed by atoms with Crippen molar-refractivity contribution in [3.63, 3.8) is 0 Å². The first-order valence-electron chi connectivity index (χ1n) is 2.02. The molecule has 0 aromatic rings. The lowest BCUT2D eigenvalue weighted by Crippen LogP contribution is -1.62. The number of allylic oxidation sites excluding steroid dienone is 2. The van der Waals surface area contributed by atoms with E-state index in [0.717, 1.165) is 11.8 Å². The van der Waals surface area contributed by atoms with Crippen LogP contribution < -0.4 is 0 Å². The van der Waals surface area contributed by atoms with Crippen molar-refractivity contribution in [1.82, 2.24) is 0 Å². The molecule has 0 N–H and O–H groups in total. The predicted molar refractivity (Wildman–Crippen MR) is 33.2 cm³/mol. The molecule has 2 heteroatoms. The molecule has 0 radical (unpaired) electrons. The zero-order valence-corrected chi connectivity index (χ0v) is 5.48. The number of alkyl halides is 1. The fourth-order valence-electron chi connectivity index (χ4n) is 0.199. The van der Waals surface area contributed by atoms with Gasteiger partial charge in [0.15, 0.2) is 0 Å². The Hall–Kier alpha value is -0.290. The van der Waals surface area contributed by atoms with E-state index in [9.17, 15) is 0 Å². The summed E-state index contributed by atoms with van der Waals surface area (Å²) in [7, 11) is 0. The third kappa shape index (κ3) is 5.71. The van der Waals surface area contributed by atoms with E-state index in [2.05, 4.69) is 15.9 Å². The average Bonchev–Trinajstić information content (AvgIpc) is 1.69. The standard InChI is InChI=1S/C5H6BrN/c6-4-2-1-3-5-7/h1,3H,2,4H2/b3-1+. The van der Waals surface area contributed by atoms with Crippen LogP contribution in [0.1, 0.15) is 6.42 Å². The van der Waals surface area contributed by atoms with E-state index in [1.165, 1.54) is 6.08 Å². The molecule has 38 valence electrons. The maximum atomic E-state index is 7.94. The third-order valence-electron chi connectivity index (χ3n) is 0.468. The molecule has 0 spiro atoms. The molecule has 0 unspecified atom stereocenters. The quantitative estimate of drug-likeness (QED) is 0.446. The normalized spacial score (nSPS) is 9.14. The number of hydrogen-bond acceptors (Lipinski definition) is 1. The van der Waals surface area contributed by atoms with E-state index in [4.69, 9.17) is 5.26 Å². The fraction of sp³-hybridized carbons (Fsp3) is 0.400. The lowest BCUT2D eigenvalue weighted by molar-refractivity contribution is 1.26. The van der Waals surface area contributed by atoms with Crippen LogP contribution in [0, 0.1) is 11.3 Å². The lowest BCUT2D eigenvalue weighted by Gasteiger charge is -1.73. The van der Waals surface area contributed by atoms with Crippen molar-refractivity contribution in [2.75, 3.05) is 5.33 Å². The van der Waals surface area contributed by atoms with Gasteiger partial charge in [0, 0.05) is 11.4 Å². The molecule has 0 aromatic carbocycles. The summed E-state index contributed by atoms with van der Waals surface area (Å²) in [4.78, 5) is 0. The van der Waals surface area contributed by atoms with Crippen LogP contribution in [0.15, 0.2) is 12.2 Å². The van der Waals surface area contributed by atoms with Crippen LogP contribution in [0.3, 0.4) is 0 Å². The van der Waals surface area contributed by atoms with E-state index >= 15 is 0 Å². The summed E-state index contributed by atoms with van der Waals surface area (Å²) in [5, 5.41) is 8.88. The van der Waals surface area contributed by atoms with Gasteiger partial charge in [0.25, 0.3) is 0 Å². The van der Waals surface area contributed by atoms with Gasteiger partial charge in [-0.25, -0.2) is 0 Å². The summed E-state index contributed by atoms with van der Waals surface area (Å²) >= 11 is 3.22. The van der Waals surface area contributed by atoms with E-state index in [1.807, 2.05) is 12.1 Å². The molecule has 7 heavy (non-hydrogen) atoms. The molecule has 0 aliphatic heterocycles. The number of nitrogens with zero attached hydrogens (tertiary/aromatic N) is 1. The van der Waals surface area contributed by atoms with E-state index in [1.54, 1.807) is 0 Å². The molecule has 0 saturated heterocycles. The largest absolute Gasteiger partial charge is 0.193 e. The molecule has 0 aliphatic carbocycles.